The number of aromatic nitrogens is 2. The Kier molecular flexibility index (Phi) is 4.45. The predicted octanol–water partition coefficient (Wildman–Crippen LogP) is 3.63. The highest BCUT2D eigenvalue weighted by atomic mass is 35.5. The van der Waals surface area contributed by atoms with Gasteiger partial charge in [-0.05, 0) is 45.4 Å². The maximum atomic E-state index is 6.20. The highest BCUT2D eigenvalue weighted by molar-refractivity contribution is 6.33. The van der Waals surface area contributed by atoms with Crippen molar-refractivity contribution in [2.24, 2.45) is 0 Å². The van der Waals surface area contributed by atoms with E-state index >= 15 is 0 Å². The summed E-state index contributed by atoms with van der Waals surface area (Å²) in [6, 6.07) is 5.77. The van der Waals surface area contributed by atoms with Gasteiger partial charge in [-0.3, -0.25) is 0 Å². The molecular formula is C15H20ClN3O. The molecule has 0 aliphatic heterocycles. The lowest BCUT2D eigenvalue weighted by atomic mass is 10.1. The Hall–Kier alpha value is -1.39. The number of benzene rings is 1. The molecule has 0 spiro atoms. The first-order valence-corrected chi connectivity index (χ1v) is 7.07. The third-order valence-electron chi connectivity index (χ3n) is 2.82. The fourth-order valence-corrected chi connectivity index (χ4v) is 2.12. The standard InChI is InChI=1S/C15H20ClN3O/c1-10-5-6-11(12(16)9-10)14-19-18-13(20-14)7-8-17-15(2,3)4/h5-6,9,17H,7-8H2,1-4H3. The Morgan fingerprint density at radius 1 is 1.25 bits per heavy atom. The second kappa shape index (κ2) is 5.94. The quantitative estimate of drug-likeness (QED) is 0.935. The fourth-order valence-electron chi connectivity index (χ4n) is 1.80. The molecule has 0 fully saturated rings. The van der Waals surface area contributed by atoms with Crippen LogP contribution in [-0.4, -0.2) is 22.3 Å². The monoisotopic (exact) mass is 293 g/mol. The van der Waals surface area contributed by atoms with Gasteiger partial charge in [-0.1, -0.05) is 17.7 Å². The summed E-state index contributed by atoms with van der Waals surface area (Å²) in [7, 11) is 0. The van der Waals surface area contributed by atoms with Gasteiger partial charge in [0.15, 0.2) is 0 Å². The van der Waals surface area contributed by atoms with Gasteiger partial charge in [0.25, 0.3) is 0 Å². The van der Waals surface area contributed by atoms with Crippen LogP contribution in [-0.2, 0) is 6.42 Å². The number of hydrogen-bond donors (Lipinski definition) is 1. The summed E-state index contributed by atoms with van der Waals surface area (Å²) >= 11 is 6.20. The molecule has 108 valence electrons. The highest BCUT2D eigenvalue weighted by Gasteiger charge is 2.13. The molecule has 0 bridgehead atoms. The van der Waals surface area contributed by atoms with E-state index in [1.165, 1.54) is 0 Å². The van der Waals surface area contributed by atoms with E-state index < -0.39 is 0 Å². The summed E-state index contributed by atoms with van der Waals surface area (Å²) in [5.74, 6) is 1.09. The minimum atomic E-state index is 0.0864. The maximum Gasteiger partial charge on any atom is 0.249 e. The van der Waals surface area contributed by atoms with E-state index in [1.54, 1.807) is 0 Å². The topological polar surface area (TPSA) is 51.0 Å². The lowest BCUT2D eigenvalue weighted by molar-refractivity contribution is 0.412. The largest absolute Gasteiger partial charge is 0.421 e. The summed E-state index contributed by atoms with van der Waals surface area (Å²) < 4.78 is 5.66. The molecule has 1 N–H and O–H groups in total. The van der Waals surface area contributed by atoms with Crippen LogP contribution in [0.2, 0.25) is 5.02 Å². The molecule has 5 heteroatoms. The Morgan fingerprint density at radius 2 is 2.00 bits per heavy atom. The van der Waals surface area contributed by atoms with Crippen LogP contribution >= 0.6 is 11.6 Å². The van der Waals surface area contributed by atoms with Gasteiger partial charge >= 0.3 is 0 Å². The number of halogens is 1. The fraction of sp³-hybridized carbons (Fsp3) is 0.467. The zero-order valence-corrected chi connectivity index (χ0v) is 13.1. The average molecular weight is 294 g/mol. The van der Waals surface area contributed by atoms with Gasteiger partial charge in [-0.15, -0.1) is 10.2 Å². The Labute approximate surface area is 124 Å². The lowest BCUT2D eigenvalue weighted by Gasteiger charge is -2.19. The molecule has 4 nitrogen and oxygen atoms in total. The van der Waals surface area contributed by atoms with E-state index in [0.717, 1.165) is 17.7 Å². The normalized spacial score (nSPS) is 11.8. The SMILES string of the molecule is Cc1ccc(-c2nnc(CCNC(C)(C)C)o2)c(Cl)c1. The Bertz CT molecular complexity index is 587. The molecule has 1 aromatic carbocycles. The first-order valence-electron chi connectivity index (χ1n) is 6.69. The predicted molar refractivity (Wildman–Crippen MR) is 80.9 cm³/mol. The first kappa shape index (κ1) is 15.0. The minimum absolute atomic E-state index is 0.0864. The number of hydrogen-bond acceptors (Lipinski definition) is 4. The summed E-state index contributed by atoms with van der Waals surface area (Å²) in [5.41, 5.74) is 1.97. The smallest absolute Gasteiger partial charge is 0.249 e. The van der Waals surface area contributed by atoms with E-state index in [4.69, 9.17) is 16.0 Å². The molecule has 0 saturated carbocycles. The molecule has 0 radical (unpaired) electrons. The summed E-state index contributed by atoms with van der Waals surface area (Å²) in [6.07, 6.45) is 0.702. The average Bonchev–Trinajstić information content (AvgIpc) is 2.75. The summed E-state index contributed by atoms with van der Waals surface area (Å²) in [5, 5.41) is 12.1. The van der Waals surface area contributed by atoms with Crippen molar-refractivity contribution in [3.8, 4) is 11.5 Å². The minimum Gasteiger partial charge on any atom is -0.421 e. The molecule has 0 amide bonds. The van der Waals surface area contributed by atoms with Gasteiger partial charge in [-0.25, -0.2) is 0 Å². The van der Waals surface area contributed by atoms with E-state index in [-0.39, 0.29) is 5.54 Å². The van der Waals surface area contributed by atoms with Crippen LogP contribution in [0.5, 0.6) is 0 Å². The third-order valence-corrected chi connectivity index (χ3v) is 3.13. The van der Waals surface area contributed by atoms with Crippen LogP contribution in [0.4, 0.5) is 0 Å². The van der Waals surface area contributed by atoms with Crippen molar-refractivity contribution in [3.05, 3.63) is 34.7 Å². The van der Waals surface area contributed by atoms with Crippen molar-refractivity contribution in [1.82, 2.24) is 15.5 Å². The molecule has 1 heterocycles. The molecular weight excluding hydrogens is 274 g/mol. The first-order chi connectivity index (χ1) is 9.35. The van der Waals surface area contributed by atoms with Crippen LogP contribution in [0.3, 0.4) is 0 Å². The van der Waals surface area contributed by atoms with Gasteiger partial charge in [0.2, 0.25) is 11.8 Å². The molecule has 0 atom stereocenters. The number of nitrogens with one attached hydrogen (secondary N) is 1. The van der Waals surface area contributed by atoms with Crippen LogP contribution < -0.4 is 5.32 Å². The molecule has 0 aliphatic carbocycles. The van der Waals surface area contributed by atoms with Gasteiger partial charge in [0.05, 0.1) is 10.6 Å². The van der Waals surface area contributed by atoms with E-state index in [0.29, 0.717) is 23.2 Å². The van der Waals surface area contributed by atoms with Crippen LogP contribution in [0.15, 0.2) is 22.6 Å². The Morgan fingerprint density at radius 3 is 2.65 bits per heavy atom. The molecule has 0 saturated heterocycles. The van der Waals surface area contributed by atoms with E-state index in [1.807, 2.05) is 25.1 Å². The highest BCUT2D eigenvalue weighted by Crippen LogP contribution is 2.27. The zero-order chi connectivity index (χ0) is 14.8. The van der Waals surface area contributed by atoms with Gasteiger partial charge in [0.1, 0.15) is 0 Å². The van der Waals surface area contributed by atoms with Crippen LogP contribution in [0, 0.1) is 6.92 Å². The Balaban J connectivity index is 2.05. The van der Waals surface area contributed by atoms with Crippen molar-refractivity contribution in [2.75, 3.05) is 6.54 Å². The molecule has 0 aliphatic rings. The summed E-state index contributed by atoms with van der Waals surface area (Å²) in [6.45, 7) is 9.16. The molecule has 0 unspecified atom stereocenters. The van der Waals surface area contributed by atoms with Crippen molar-refractivity contribution in [3.63, 3.8) is 0 Å². The molecule has 20 heavy (non-hydrogen) atoms. The molecule has 1 aromatic heterocycles. The van der Waals surface area contributed by atoms with Gasteiger partial charge < -0.3 is 9.73 Å². The third kappa shape index (κ3) is 4.05. The van der Waals surface area contributed by atoms with Crippen LogP contribution in [0.25, 0.3) is 11.5 Å². The maximum absolute atomic E-state index is 6.20. The second-order valence-electron chi connectivity index (χ2n) is 5.91. The van der Waals surface area contributed by atoms with E-state index in [2.05, 4.69) is 36.3 Å². The second-order valence-corrected chi connectivity index (χ2v) is 6.32. The van der Waals surface area contributed by atoms with Crippen molar-refractivity contribution in [1.29, 1.82) is 0 Å². The van der Waals surface area contributed by atoms with E-state index in [9.17, 15) is 0 Å². The number of nitrogens with zero attached hydrogens (tertiary/aromatic N) is 2. The van der Waals surface area contributed by atoms with Crippen LogP contribution in [0.1, 0.15) is 32.2 Å². The lowest BCUT2D eigenvalue weighted by Crippen LogP contribution is -2.37. The molecule has 2 aromatic rings. The van der Waals surface area contributed by atoms with Gasteiger partial charge in [-0.2, -0.15) is 0 Å². The number of rotatable bonds is 4. The zero-order valence-electron chi connectivity index (χ0n) is 12.3. The molecule has 2 rings (SSSR count). The van der Waals surface area contributed by atoms with Gasteiger partial charge in [0, 0.05) is 18.5 Å². The summed E-state index contributed by atoms with van der Waals surface area (Å²) in [4.78, 5) is 0. The van der Waals surface area contributed by atoms with Crippen molar-refractivity contribution < 1.29 is 4.42 Å². The van der Waals surface area contributed by atoms with Crippen molar-refractivity contribution >= 4 is 11.6 Å². The number of aryl methyl sites for hydroxylation is 1. The van der Waals surface area contributed by atoms with Crippen molar-refractivity contribution in [2.45, 2.75) is 39.7 Å².